The maximum Gasteiger partial charge on any atom is 0.307 e. The highest BCUT2D eigenvalue weighted by molar-refractivity contribution is 7.07. The van der Waals surface area contributed by atoms with E-state index < -0.39 is 0 Å². The normalized spacial score (nSPS) is 21.8. The average molecular weight is 226 g/mol. The molecule has 0 aromatic carbocycles. The Labute approximate surface area is 94.1 Å². The highest BCUT2D eigenvalue weighted by Crippen LogP contribution is 2.11. The molecule has 0 amide bonds. The second kappa shape index (κ2) is 4.94. The molecule has 0 radical (unpaired) electrons. The second-order valence-corrected chi connectivity index (χ2v) is 5.05. The molecule has 1 N–H and O–H groups in total. The summed E-state index contributed by atoms with van der Waals surface area (Å²) >= 11 is 1.30. The van der Waals surface area contributed by atoms with E-state index >= 15 is 0 Å². The highest BCUT2D eigenvalue weighted by Gasteiger charge is 2.13. The Morgan fingerprint density at radius 2 is 2.47 bits per heavy atom. The van der Waals surface area contributed by atoms with Crippen LogP contribution < -0.4 is 10.2 Å². The molecule has 15 heavy (non-hydrogen) atoms. The van der Waals surface area contributed by atoms with E-state index in [1.165, 1.54) is 30.6 Å². The summed E-state index contributed by atoms with van der Waals surface area (Å²) in [4.78, 5) is 11.7. The van der Waals surface area contributed by atoms with E-state index in [1.54, 1.807) is 0 Å². The molecule has 1 saturated heterocycles. The number of thiazole rings is 1. The molecule has 0 spiro atoms. The Hall–Kier alpha value is -0.610. The molecule has 1 aliphatic rings. The first-order chi connectivity index (χ1) is 7.27. The topological polar surface area (TPSA) is 34.0 Å². The molecule has 1 aromatic heterocycles. The third-order valence-corrected chi connectivity index (χ3v) is 3.97. The van der Waals surface area contributed by atoms with Crippen molar-refractivity contribution in [1.29, 1.82) is 0 Å². The fraction of sp³-hybridized carbons (Fsp3) is 0.727. The number of aromatic nitrogens is 1. The molecule has 1 aliphatic heterocycles. The van der Waals surface area contributed by atoms with E-state index in [1.807, 2.05) is 16.9 Å². The molecule has 1 unspecified atom stereocenters. The monoisotopic (exact) mass is 226 g/mol. The third-order valence-electron chi connectivity index (χ3n) is 3.09. The number of nitrogens with one attached hydrogen (secondary N) is 1. The van der Waals surface area contributed by atoms with Crippen molar-refractivity contribution in [2.45, 2.75) is 45.2 Å². The van der Waals surface area contributed by atoms with Crippen LogP contribution in [0, 0.1) is 6.92 Å². The van der Waals surface area contributed by atoms with Gasteiger partial charge in [0.25, 0.3) is 0 Å². The van der Waals surface area contributed by atoms with Crippen molar-refractivity contribution in [2.75, 3.05) is 6.54 Å². The Morgan fingerprint density at radius 3 is 3.07 bits per heavy atom. The van der Waals surface area contributed by atoms with E-state index in [9.17, 15) is 4.79 Å². The number of piperidine rings is 1. The summed E-state index contributed by atoms with van der Waals surface area (Å²) in [5.41, 5.74) is 1.10. The first kappa shape index (κ1) is 10.9. The van der Waals surface area contributed by atoms with Gasteiger partial charge >= 0.3 is 4.87 Å². The number of hydrogen-bond donors (Lipinski definition) is 1. The van der Waals surface area contributed by atoms with Crippen LogP contribution in [-0.4, -0.2) is 17.2 Å². The summed E-state index contributed by atoms with van der Waals surface area (Å²) < 4.78 is 1.89. The fourth-order valence-electron chi connectivity index (χ4n) is 2.13. The quantitative estimate of drug-likeness (QED) is 0.852. The van der Waals surface area contributed by atoms with Crippen molar-refractivity contribution >= 4 is 11.3 Å². The molecular weight excluding hydrogens is 208 g/mol. The Balaban J connectivity index is 1.89. The van der Waals surface area contributed by atoms with Gasteiger partial charge in [-0.1, -0.05) is 17.8 Å². The van der Waals surface area contributed by atoms with Crippen LogP contribution in [0.2, 0.25) is 0 Å². The van der Waals surface area contributed by atoms with Gasteiger partial charge in [0.05, 0.1) is 0 Å². The van der Waals surface area contributed by atoms with Gasteiger partial charge in [0.1, 0.15) is 0 Å². The number of rotatable bonds is 3. The third kappa shape index (κ3) is 2.69. The van der Waals surface area contributed by atoms with Gasteiger partial charge in [0.2, 0.25) is 0 Å². The zero-order chi connectivity index (χ0) is 10.7. The van der Waals surface area contributed by atoms with E-state index in [4.69, 9.17) is 0 Å². The molecular formula is C11H18N2OS. The lowest BCUT2D eigenvalue weighted by atomic mass is 10.0. The smallest absolute Gasteiger partial charge is 0.307 e. The van der Waals surface area contributed by atoms with Gasteiger partial charge in [0, 0.05) is 23.7 Å². The lowest BCUT2D eigenvalue weighted by Gasteiger charge is -2.23. The van der Waals surface area contributed by atoms with E-state index in [2.05, 4.69) is 5.32 Å². The zero-order valence-corrected chi connectivity index (χ0v) is 9.98. The maximum absolute atomic E-state index is 11.5. The van der Waals surface area contributed by atoms with Crippen LogP contribution in [-0.2, 0) is 6.54 Å². The van der Waals surface area contributed by atoms with Crippen LogP contribution in [0.3, 0.4) is 0 Å². The maximum atomic E-state index is 11.5. The Kier molecular flexibility index (Phi) is 3.59. The number of hydrogen-bond acceptors (Lipinski definition) is 3. The van der Waals surface area contributed by atoms with Gasteiger partial charge in [-0.2, -0.15) is 0 Å². The first-order valence-electron chi connectivity index (χ1n) is 5.65. The summed E-state index contributed by atoms with van der Waals surface area (Å²) in [7, 11) is 0. The van der Waals surface area contributed by atoms with E-state index in [0.717, 1.165) is 25.2 Å². The van der Waals surface area contributed by atoms with Gasteiger partial charge in [-0.05, 0) is 32.7 Å². The van der Waals surface area contributed by atoms with E-state index in [0.29, 0.717) is 6.04 Å². The molecule has 1 atom stereocenters. The molecule has 1 aromatic rings. The predicted octanol–water partition coefficient (Wildman–Crippen LogP) is 1.75. The molecule has 3 nitrogen and oxygen atoms in total. The van der Waals surface area contributed by atoms with Crippen LogP contribution in [0.1, 0.15) is 31.4 Å². The lowest BCUT2D eigenvalue weighted by molar-refractivity contribution is 0.365. The van der Waals surface area contributed by atoms with Crippen molar-refractivity contribution < 1.29 is 0 Å². The van der Waals surface area contributed by atoms with Gasteiger partial charge in [0.15, 0.2) is 0 Å². The van der Waals surface area contributed by atoms with Gasteiger partial charge in [-0.15, -0.1) is 0 Å². The van der Waals surface area contributed by atoms with Crippen LogP contribution in [0.15, 0.2) is 10.2 Å². The van der Waals surface area contributed by atoms with Crippen molar-refractivity contribution in [3.8, 4) is 0 Å². The molecule has 0 bridgehead atoms. The van der Waals surface area contributed by atoms with Crippen LogP contribution >= 0.6 is 11.3 Å². The molecule has 84 valence electrons. The van der Waals surface area contributed by atoms with Crippen molar-refractivity contribution in [3.05, 3.63) is 20.7 Å². The van der Waals surface area contributed by atoms with Gasteiger partial charge < -0.3 is 9.88 Å². The highest BCUT2D eigenvalue weighted by atomic mass is 32.1. The lowest BCUT2D eigenvalue weighted by Crippen LogP contribution is -2.35. The molecule has 0 aliphatic carbocycles. The van der Waals surface area contributed by atoms with Crippen LogP contribution in [0.4, 0.5) is 0 Å². The number of nitrogens with zero attached hydrogens (tertiary/aromatic N) is 1. The molecule has 2 heterocycles. The first-order valence-corrected chi connectivity index (χ1v) is 6.53. The molecule has 4 heteroatoms. The average Bonchev–Trinajstić information content (AvgIpc) is 2.58. The minimum atomic E-state index is 0.184. The van der Waals surface area contributed by atoms with Crippen molar-refractivity contribution in [1.82, 2.24) is 9.88 Å². The Morgan fingerprint density at radius 1 is 1.60 bits per heavy atom. The van der Waals surface area contributed by atoms with Gasteiger partial charge in [-0.25, -0.2) is 0 Å². The molecule has 1 fully saturated rings. The minimum Gasteiger partial charge on any atom is -0.314 e. The largest absolute Gasteiger partial charge is 0.314 e. The predicted molar refractivity (Wildman–Crippen MR) is 63.6 cm³/mol. The fourth-order valence-corrected chi connectivity index (χ4v) is 2.89. The molecule has 2 rings (SSSR count). The molecule has 0 saturated carbocycles. The minimum absolute atomic E-state index is 0.184. The summed E-state index contributed by atoms with van der Waals surface area (Å²) in [5.74, 6) is 0. The summed E-state index contributed by atoms with van der Waals surface area (Å²) in [6.07, 6.45) is 4.97. The van der Waals surface area contributed by atoms with Crippen LogP contribution in [0.5, 0.6) is 0 Å². The van der Waals surface area contributed by atoms with Gasteiger partial charge in [-0.3, -0.25) is 4.79 Å². The van der Waals surface area contributed by atoms with Crippen molar-refractivity contribution in [3.63, 3.8) is 0 Å². The summed E-state index contributed by atoms with van der Waals surface area (Å²) in [6.45, 7) is 4.01. The zero-order valence-electron chi connectivity index (χ0n) is 9.16. The summed E-state index contributed by atoms with van der Waals surface area (Å²) in [6, 6.07) is 0.616. The van der Waals surface area contributed by atoms with Crippen molar-refractivity contribution in [2.24, 2.45) is 0 Å². The SMILES string of the molecule is Cc1csc(=O)n1CCC1CCCCN1. The summed E-state index contributed by atoms with van der Waals surface area (Å²) in [5, 5.41) is 5.45. The number of aryl methyl sites for hydroxylation is 1. The standard InChI is InChI=1S/C11H18N2OS/c1-9-8-15-11(14)13(9)7-5-10-4-2-3-6-12-10/h8,10,12H,2-7H2,1H3. The Bertz CT molecular complexity index is 363. The van der Waals surface area contributed by atoms with Crippen LogP contribution in [0.25, 0.3) is 0 Å². The van der Waals surface area contributed by atoms with E-state index in [-0.39, 0.29) is 4.87 Å². The second-order valence-electron chi connectivity index (χ2n) is 4.23.